The third-order valence-corrected chi connectivity index (χ3v) is 7.64. The van der Waals surface area contributed by atoms with Gasteiger partial charge < -0.3 is 52.1 Å². The number of nitrogens with zero attached hydrogens (tertiary/aromatic N) is 4. The normalized spacial score (nSPS) is 9.97. The van der Waals surface area contributed by atoms with Gasteiger partial charge in [-0.3, -0.25) is 25.1 Å². The number of aromatic nitrogens is 2. The van der Waals surface area contributed by atoms with Crippen LogP contribution in [0.3, 0.4) is 0 Å². The molecule has 0 unspecified atom stereocenters. The summed E-state index contributed by atoms with van der Waals surface area (Å²) >= 11 is 0. The molecule has 0 aliphatic rings. The molecule has 0 saturated heterocycles. The van der Waals surface area contributed by atoms with E-state index in [1.54, 1.807) is 121 Å². The van der Waals surface area contributed by atoms with Crippen molar-refractivity contribution in [3.05, 3.63) is 132 Å². The number of nitrogens with one attached hydrogen (secondary N) is 3. The fourth-order valence-corrected chi connectivity index (χ4v) is 4.20. The number of allylic oxidation sites excluding steroid dienone is 1. The fourth-order valence-electron chi connectivity index (χ4n) is 4.20. The Morgan fingerprint density at radius 2 is 1.23 bits per heavy atom. The first kappa shape index (κ1) is 76.4. The van der Waals surface area contributed by atoms with Crippen LogP contribution in [0.25, 0.3) is 11.3 Å². The van der Waals surface area contributed by atoms with Gasteiger partial charge in [0.15, 0.2) is 11.6 Å². The average Bonchev–Trinajstić information content (AvgIpc) is 3.28. The monoisotopic (exact) mass is 1060 g/mol. The maximum absolute atomic E-state index is 12.4. The van der Waals surface area contributed by atoms with E-state index in [1.165, 1.54) is 0 Å². The van der Waals surface area contributed by atoms with Crippen molar-refractivity contribution in [1.29, 1.82) is 5.41 Å². The van der Waals surface area contributed by atoms with Crippen LogP contribution in [-0.4, -0.2) is 125 Å². The Morgan fingerprint density at radius 3 is 1.59 bits per heavy atom. The Labute approximate surface area is 512 Å². The Kier molecular flexibility index (Phi) is 46.2. The molecule has 0 saturated carbocycles. The summed E-state index contributed by atoms with van der Waals surface area (Å²) in [7, 11) is 7.69. The van der Waals surface area contributed by atoms with E-state index in [9.17, 15) is 19.2 Å². The predicted molar refractivity (Wildman–Crippen MR) is 268 cm³/mol. The van der Waals surface area contributed by atoms with Crippen molar-refractivity contribution in [2.24, 2.45) is 5.73 Å². The van der Waals surface area contributed by atoms with Crippen molar-refractivity contribution in [2.75, 3.05) is 41.3 Å². The number of ketones is 2. The zero-order chi connectivity index (χ0) is 52.5. The molecule has 7 N–H and O–H groups in total. The first-order valence-corrected chi connectivity index (χ1v) is 21.1. The van der Waals surface area contributed by atoms with Gasteiger partial charge in [0.05, 0.1) is 18.8 Å². The second kappa shape index (κ2) is 43.0. The van der Waals surface area contributed by atoms with Crippen LogP contribution in [0.2, 0.25) is 0 Å². The summed E-state index contributed by atoms with van der Waals surface area (Å²) in [5.74, 6) is -0.143. The number of benzene rings is 3. The maximum atomic E-state index is 12.4. The van der Waals surface area contributed by atoms with Crippen LogP contribution in [-0.2, 0) is 25.8 Å². The topological polar surface area (TPSA) is 283 Å². The van der Waals surface area contributed by atoms with Gasteiger partial charge in [-0.05, 0) is 82.0 Å². The Balaban J connectivity index is -0.000000195. The van der Waals surface area contributed by atoms with E-state index in [2.05, 4.69) is 64.1 Å². The largest absolute Gasteiger partial charge is 1.00 e. The number of carbonyl (C=O) groups is 5. The van der Waals surface area contributed by atoms with Crippen LogP contribution >= 0.6 is 12.4 Å². The molecule has 0 spiro atoms. The van der Waals surface area contributed by atoms with Gasteiger partial charge in [0.1, 0.15) is 29.3 Å². The summed E-state index contributed by atoms with van der Waals surface area (Å²) in [6.45, 7) is 16.2. The van der Waals surface area contributed by atoms with Gasteiger partial charge in [-0.15, -0.1) is 12.4 Å². The molecule has 1 aromatic heterocycles. The zero-order valence-electron chi connectivity index (χ0n) is 44.9. The van der Waals surface area contributed by atoms with Gasteiger partial charge in [-0.25, -0.2) is 19.6 Å². The van der Waals surface area contributed by atoms with Gasteiger partial charge in [0.2, 0.25) is 5.78 Å². The van der Waals surface area contributed by atoms with E-state index in [-0.39, 0.29) is 166 Å². The Hall–Kier alpha value is -3.50. The molecular formula is C49H73ClK2N8O11. The van der Waals surface area contributed by atoms with Gasteiger partial charge in [-0.1, -0.05) is 91.0 Å². The van der Waals surface area contributed by atoms with Gasteiger partial charge in [0.25, 0.3) is 6.47 Å². The number of amidine groups is 1. The molecule has 0 atom stereocenters. The van der Waals surface area contributed by atoms with Gasteiger partial charge in [-0.2, -0.15) is 0 Å². The molecule has 0 aliphatic heterocycles. The van der Waals surface area contributed by atoms with Crippen molar-refractivity contribution >= 4 is 48.5 Å². The number of hydrogen-bond acceptors (Lipinski definition) is 16. The number of hydrogen-bond donors (Lipinski definition) is 6. The minimum atomic E-state index is -0.653. The Morgan fingerprint density at radius 1 is 0.817 bits per heavy atom. The van der Waals surface area contributed by atoms with Crippen molar-refractivity contribution in [3.63, 3.8) is 0 Å². The molecule has 2 amide bonds. The van der Waals surface area contributed by atoms with Crippen molar-refractivity contribution < 1.29 is 158 Å². The predicted octanol–water partition coefficient (Wildman–Crippen LogP) is -0.0166. The van der Waals surface area contributed by atoms with E-state index >= 15 is 0 Å². The molecule has 0 radical (unpaired) electrons. The van der Waals surface area contributed by atoms with Gasteiger partial charge >= 0.3 is 115 Å². The number of carbonyl (C=O) groups excluding carboxylic acids is 5. The summed E-state index contributed by atoms with van der Waals surface area (Å²) in [6.07, 6.45) is 2.06. The number of halogens is 1. The molecule has 22 heteroatoms. The number of alkyl carbamates (subject to hydrolysis) is 2. The average molecular weight is 1060 g/mol. The molecule has 384 valence electrons. The number of aliphatic hydroxyl groups excluding tert-OH is 2. The van der Waals surface area contributed by atoms with Crippen LogP contribution < -0.4 is 124 Å². The molecule has 4 aromatic rings. The number of aliphatic hydroxyl groups is 2. The first-order valence-electron chi connectivity index (χ1n) is 21.1. The summed E-state index contributed by atoms with van der Waals surface area (Å²) in [5, 5.41) is 36.4. The molecule has 1 heterocycles. The fraction of sp³-hybridized carbons (Fsp3) is 0.388. The second-order valence-corrected chi connectivity index (χ2v) is 16.7. The Bertz CT molecular complexity index is 2130. The van der Waals surface area contributed by atoms with E-state index in [1.807, 2.05) is 49.4 Å². The maximum Gasteiger partial charge on any atom is 1.00 e. The number of Topliss-reactive ketones (excluding diaryl/α,β-unsaturated/α-hetero) is 2. The van der Waals surface area contributed by atoms with Crippen LogP contribution in [0.4, 0.5) is 9.59 Å². The number of ether oxygens (including phenoxy) is 2. The molecule has 19 nitrogen and oxygen atoms in total. The molecule has 71 heavy (non-hydrogen) atoms. The summed E-state index contributed by atoms with van der Waals surface area (Å²) in [5.41, 5.74) is 7.63. The van der Waals surface area contributed by atoms with Crippen molar-refractivity contribution in [1.82, 2.24) is 30.4 Å². The van der Waals surface area contributed by atoms with Crippen molar-refractivity contribution in [2.45, 2.75) is 86.2 Å². The molecular weight excluding hydrogens is 990 g/mol. The van der Waals surface area contributed by atoms with Crippen LogP contribution in [0.1, 0.15) is 88.9 Å². The standard InChI is InChI=1S/C16H22N2O3.C13H17NO3.C12H12N2O.C5H13N.C2H6N2O.CH2O3.ClH.2K.H/c1-16(2,3)21-15(20)17-13(11-18(4)5)14(19)12-9-7-6-8-10-12;1-13(2,3)17-12(16)14-9-11(15)10-7-5-4-6-8-10;1-9-7-13-11(8-15)14-12(9)10-5-3-2-4-6-10;1-5(2)6(3)4;3-2(4)1-5;2-1-4-3;;;;/h6-11H,1-5H3,(H,17,20);4-8H,9H2,1-3H3,(H,14,16);2-7,15H,8H2,1H3;5H,1-4H3;5H,1H2,(H3,3,4);1,3H;1H;;;/q;;;;;;;2*+1;-1/p-1/b13-11+;;;;;;;;;. The minimum absolute atomic E-state index is 0. The first-order chi connectivity index (χ1) is 31.7. The van der Waals surface area contributed by atoms with Crippen LogP contribution in [0.15, 0.2) is 109 Å². The minimum Gasteiger partial charge on any atom is -1.00 e. The zero-order valence-corrected chi connectivity index (χ0v) is 51.0. The number of rotatable bonds is 12. The van der Waals surface area contributed by atoms with E-state index in [0.29, 0.717) is 23.0 Å². The molecule has 4 rings (SSSR count). The van der Waals surface area contributed by atoms with E-state index < -0.39 is 23.4 Å². The number of aryl methyl sites for hydroxylation is 1. The molecule has 0 fully saturated rings. The van der Waals surface area contributed by atoms with Gasteiger partial charge in [0, 0.05) is 49.2 Å². The van der Waals surface area contributed by atoms with Crippen LogP contribution in [0.5, 0.6) is 0 Å². The SMILES string of the molecule is CC(C)(C)OC(=O)NCC(=O)c1ccccc1.CC(C)N(C)C.CN(C)/C=C(/NC(=O)OC(C)(C)C)C(=O)c1ccccc1.Cc1cnc(CO)nc1-c1ccccc1.Cl.N=C(N)CO.O=CO[O-].[H-].[K+].[K+]. The van der Waals surface area contributed by atoms with Crippen molar-refractivity contribution in [3.8, 4) is 11.3 Å². The molecule has 0 bridgehead atoms. The summed E-state index contributed by atoms with van der Waals surface area (Å²) in [4.78, 5) is 70.6. The third-order valence-electron chi connectivity index (χ3n) is 7.64. The smallest absolute Gasteiger partial charge is 1.00 e. The molecule has 0 aliphatic carbocycles. The molecule has 3 aromatic carbocycles. The number of nitrogens with two attached hydrogens (primary N) is 1. The third kappa shape index (κ3) is 41.7. The van der Waals surface area contributed by atoms with Crippen LogP contribution in [0, 0.1) is 12.3 Å². The number of amides is 2. The van der Waals surface area contributed by atoms with E-state index in [0.717, 1.165) is 16.8 Å². The summed E-state index contributed by atoms with van der Waals surface area (Å²) in [6, 6.07) is 28.1. The quantitative estimate of drug-likeness (QED) is 0.0159. The second-order valence-electron chi connectivity index (χ2n) is 16.7. The van der Waals surface area contributed by atoms with E-state index in [4.69, 9.17) is 35.1 Å². The summed E-state index contributed by atoms with van der Waals surface area (Å²) < 4.78 is 10.2.